The normalized spacial score (nSPS) is 11.0. The number of nitrogens with two attached hydrogens (primary N) is 9. The Morgan fingerprint density at radius 2 is 1.14 bits per heavy atom. The van der Waals surface area contributed by atoms with Crippen LogP contribution in [0, 0.1) is 0 Å². The molecule has 0 aliphatic rings. The molecule has 1 heterocycles. The lowest BCUT2D eigenvalue weighted by atomic mass is 9.93. The van der Waals surface area contributed by atoms with Crippen molar-refractivity contribution in [3.8, 4) is 11.1 Å². The van der Waals surface area contributed by atoms with E-state index in [1.807, 2.05) is 0 Å². The molecule has 0 fully saturated rings. The van der Waals surface area contributed by atoms with E-state index in [4.69, 9.17) is 56.0 Å². The highest BCUT2D eigenvalue weighted by atomic mass is 16.3. The van der Waals surface area contributed by atoms with Crippen molar-refractivity contribution >= 4 is 68.4 Å². The summed E-state index contributed by atoms with van der Waals surface area (Å²) in [6, 6.07) is 0. The second kappa shape index (κ2) is 5.81. The van der Waals surface area contributed by atoms with Crippen LogP contribution < -0.4 is 57.0 Å². The zero-order chi connectivity index (χ0) is 21.1. The summed E-state index contributed by atoms with van der Waals surface area (Å²) in [4.78, 5) is 13.3. The predicted octanol–water partition coefficient (Wildman–Crippen LogP) is 0.343. The Kier molecular flexibility index (Phi) is 3.81. The molecule has 3 aromatic rings. The average molecular weight is 383 g/mol. The van der Waals surface area contributed by atoms with Crippen LogP contribution in [-0.4, -0.2) is 0 Å². The van der Waals surface area contributed by atoms with Crippen molar-refractivity contribution in [2.75, 3.05) is 51.6 Å². The Morgan fingerprint density at radius 3 is 1.71 bits per heavy atom. The van der Waals surface area contributed by atoms with Crippen LogP contribution in [0.25, 0.3) is 28.2 Å². The quantitative estimate of drug-likeness (QED) is 0.272. The standard InChI is InChI=1S/C17H21N9O2/c1-2-3-4(8(19)11(22)10(21)7(3)18)5-15(27)6-9(20)12(23)13(24)14(25)16(6)28-17(5)26/h2H,1,18-26H2. The highest BCUT2D eigenvalue weighted by Crippen LogP contribution is 2.45. The van der Waals surface area contributed by atoms with Gasteiger partial charge in [-0.15, -0.1) is 0 Å². The summed E-state index contributed by atoms with van der Waals surface area (Å²) in [7, 11) is 0. The molecule has 0 amide bonds. The van der Waals surface area contributed by atoms with E-state index < -0.39 is 5.43 Å². The maximum absolute atomic E-state index is 13.3. The van der Waals surface area contributed by atoms with Crippen molar-refractivity contribution in [3.63, 3.8) is 0 Å². The molecule has 0 saturated carbocycles. The Morgan fingerprint density at radius 1 is 0.643 bits per heavy atom. The first-order valence-electron chi connectivity index (χ1n) is 7.91. The van der Waals surface area contributed by atoms with Gasteiger partial charge < -0.3 is 56.0 Å². The van der Waals surface area contributed by atoms with Crippen LogP contribution in [-0.2, 0) is 0 Å². The van der Waals surface area contributed by atoms with E-state index in [-0.39, 0.29) is 79.0 Å². The molecule has 0 bridgehead atoms. The lowest BCUT2D eigenvalue weighted by Crippen LogP contribution is -2.17. The van der Waals surface area contributed by atoms with Crippen molar-refractivity contribution in [2.45, 2.75) is 0 Å². The van der Waals surface area contributed by atoms with Crippen molar-refractivity contribution in [2.24, 2.45) is 0 Å². The molecule has 0 unspecified atom stereocenters. The van der Waals surface area contributed by atoms with Gasteiger partial charge >= 0.3 is 0 Å². The summed E-state index contributed by atoms with van der Waals surface area (Å²) < 4.78 is 5.57. The van der Waals surface area contributed by atoms with Crippen LogP contribution >= 0.6 is 0 Å². The first-order chi connectivity index (χ1) is 13.0. The minimum Gasteiger partial charge on any atom is -0.438 e. The third-order valence-corrected chi connectivity index (χ3v) is 4.68. The van der Waals surface area contributed by atoms with Crippen LogP contribution in [0.1, 0.15) is 5.56 Å². The van der Waals surface area contributed by atoms with E-state index in [0.29, 0.717) is 0 Å². The highest BCUT2D eigenvalue weighted by Gasteiger charge is 2.26. The van der Waals surface area contributed by atoms with Crippen molar-refractivity contribution in [1.29, 1.82) is 0 Å². The third-order valence-electron chi connectivity index (χ3n) is 4.68. The zero-order valence-electron chi connectivity index (χ0n) is 14.8. The van der Waals surface area contributed by atoms with E-state index in [0.717, 1.165) is 0 Å². The van der Waals surface area contributed by atoms with E-state index >= 15 is 0 Å². The van der Waals surface area contributed by atoms with E-state index in [1.165, 1.54) is 6.08 Å². The summed E-state index contributed by atoms with van der Waals surface area (Å²) in [5, 5.41) is -0.100. The molecule has 11 nitrogen and oxygen atoms in total. The van der Waals surface area contributed by atoms with Gasteiger partial charge in [-0.25, -0.2) is 0 Å². The number of nitrogen functional groups attached to an aromatic ring is 9. The monoisotopic (exact) mass is 383 g/mol. The van der Waals surface area contributed by atoms with Crippen molar-refractivity contribution < 1.29 is 4.42 Å². The van der Waals surface area contributed by atoms with Gasteiger partial charge in [-0.3, -0.25) is 4.79 Å². The molecule has 18 N–H and O–H groups in total. The Labute approximate surface area is 158 Å². The molecule has 1 aromatic heterocycles. The fourth-order valence-corrected chi connectivity index (χ4v) is 3.10. The number of hydrogen-bond acceptors (Lipinski definition) is 11. The fourth-order valence-electron chi connectivity index (χ4n) is 3.10. The molecule has 11 heteroatoms. The summed E-state index contributed by atoms with van der Waals surface area (Å²) in [5.74, 6) is -0.300. The van der Waals surface area contributed by atoms with Crippen molar-refractivity contribution in [1.82, 2.24) is 0 Å². The van der Waals surface area contributed by atoms with Crippen LogP contribution in [0.2, 0.25) is 0 Å². The second-order valence-electron chi connectivity index (χ2n) is 6.18. The molecule has 0 aliphatic carbocycles. The first-order valence-corrected chi connectivity index (χ1v) is 7.91. The molecule has 2 aromatic carbocycles. The van der Waals surface area contributed by atoms with Crippen molar-refractivity contribution in [3.05, 3.63) is 22.4 Å². The maximum Gasteiger partial charge on any atom is 0.205 e. The van der Waals surface area contributed by atoms with E-state index in [2.05, 4.69) is 6.58 Å². The molecule has 0 saturated heterocycles. The van der Waals surface area contributed by atoms with Crippen LogP contribution in [0.15, 0.2) is 15.8 Å². The Hall–Kier alpha value is -4.41. The van der Waals surface area contributed by atoms with Crippen LogP contribution in [0.5, 0.6) is 0 Å². The van der Waals surface area contributed by atoms with Gasteiger partial charge in [-0.2, -0.15) is 0 Å². The zero-order valence-corrected chi connectivity index (χ0v) is 14.8. The summed E-state index contributed by atoms with van der Waals surface area (Å²) in [6.45, 7) is 3.68. The number of hydrogen-bond donors (Lipinski definition) is 9. The SMILES string of the molecule is C=Cc1c(N)c(N)c(N)c(N)c1-c1c(N)oc2c(N)c(N)c(N)c(N)c2c1=O. The number of benzene rings is 2. The Bertz CT molecular complexity index is 1240. The Balaban J connectivity index is 2.62. The number of fused-ring (bicyclic) bond motifs is 1. The van der Waals surface area contributed by atoms with Gasteiger partial charge in [0.15, 0.2) is 5.58 Å². The second-order valence-corrected chi connectivity index (χ2v) is 6.18. The molecule has 28 heavy (non-hydrogen) atoms. The molecule has 0 atom stereocenters. The number of anilines is 9. The topological polar surface area (TPSA) is 264 Å². The largest absolute Gasteiger partial charge is 0.438 e. The lowest BCUT2D eigenvalue weighted by Gasteiger charge is -2.19. The first kappa shape index (κ1) is 18.4. The smallest absolute Gasteiger partial charge is 0.205 e. The fraction of sp³-hybridized carbons (Fsp3) is 0. The molecule has 0 radical (unpaired) electrons. The number of rotatable bonds is 2. The van der Waals surface area contributed by atoms with Gasteiger partial charge in [0, 0.05) is 11.1 Å². The molecule has 0 aliphatic heterocycles. The summed E-state index contributed by atoms with van der Waals surface area (Å²) in [5.41, 5.74) is 52.9. The summed E-state index contributed by atoms with van der Waals surface area (Å²) >= 11 is 0. The van der Waals surface area contributed by atoms with Crippen LogP contribution in [0.4, 0.5) is 51.4 Å². The van der Waals surface area contributed by atoms with Gasteiger partial charge in [0.05, 0.1) is 50.8 Å². The van der Waals surface area contributed by atoms with Gasteiger partial charge in [-0.05, 0) is 0 Å². The molecule has 146 valence electrons. The third kappa shape index (κ3) is 2.13. The van der Waals surface area contributed by atoms with Gasteiger partial charge in [0.2, 0.25) is 11.3 Å². The minimum absolute atomic E-state index is 0.0127. The maximum atomic E-state index is 13.3. The molecule has 0 spiro atoms. The average Bonchev–Trinajstić information content (AvgIpc) is 2.66. The molecular formula is C17H21N9O2. The van der Waals surface area contributed by atoms with Gasteiger partial charge in [0.1, 0.15) is 5.69 Å². The van der Waals surface area contributed by atoms with Crippen LogP contribution in [0.3, 0.4) is 0 Å². The lowest BCUT2D eigenvalue weighted by molar-refractivity contribution is 0.628. The van der Waals surface area contributed by atoms with E-state index in [1.54, 1.807) is 0 Å². The minimum atomic E-state index is -0.645. The van der Waals surface area contributed by atoms with Gasteiger partial charge in [-0.1, -0.05) is 12.7 Å². The van der Waals surface area contributed by atoms with Gasteiger partial charge in [0.25, 0.3) is 0 Å². The highest BCUT2D eigenvalue weighted by molar-refractivity contribution is 6.12. The predicted molar refractivity (Wildman–Crippen MR) is 118 cm³/mol. The molecular weight excluding hydrogens is 362 g/mol. The molecule has 3 rings (SSSR count). The van der Waals surface area contributed by atoms with E-state index in [9.17, 15) is 4.79 Å². The summed E-state index contributed by atoms with van der Waals surface area (Å²) in [6.07, 6.45) is 1.37.